The molecule has 0 aromatic carbocycles. The monoisotopic (exact) mass is 191 g/mol. The summed E-state index contributed by atoms with van der Waals surface area (Å²) in [5.41, 5.74) is 0.633. The number of halogens is 2. The van der Waals surface area contributed by atoms with Crippen LogP contribution in [0.5, 0.6) is 5.75 Å². The van der Waals surface area contributed by atoms with E-state index in [9.17, 15) is 0 Å². The minimum atomic E-state index is -0.569. The van der Waals surface area contributed by atoms with E-state index in [2.05, 4.69) is 4.98 Å². The Balaban J connectivity index is 2.83. The third kappa shape index (κ3) is 2.24. The van der Waals surface area contributed by atoms with Crippen LogP contribution in [-0.4, -0.2) is 12.1 Å². The van der Waals surface area contributed by atoms with Crippen molar-refractivity contribution in [3.8, 4) is 5.75 Å². The van der Waals surface area contributed by atoms with E-state index in [-0.39, 0.29) is 0 Å². The number of hydrogen-bond acceptors (Lipinski definition) is 2. The smallest absolute Gasteiger partial charge is 0.149 e. The molecule has 0 atom stereocenters. The van der Waals surface area contributed by atoms with Gasteiger partial charge in [0.1, 0.15) is 10.6 Å². The van der Waals surface area contributed by atoms with Gasteiger partial charge in [-0.1, -0.05) is 23.2 Å². The molecule has 1 rings (SSSR count). The van der Waals surface area contributed by atoms with Crippen molar-refractivity contribution < 1.29 is 4.74 Å². The van der Waals surface area contributed by atoms with Crippen LogP contribution in [0.3, 0.4) is 0 Å². The van der Waals surface area contributed by atoms with Gasteiger partial charge in [-0.05, 0) is 12.1 Å². The van der Waals surface area contributed by atoms with Gasteiger partial charge in [-0.15, -0.1) is 0 Å². The van der Waals surface area contributed by atoms with Crippen LogP contribution in [0.25, 0.3) is 0 Å². The van der Waals surface area contributed by atoms with Gasteiger partial charge in [-0.2, -0.15) is 0 Å². The Kier molecular flexibility index (Phi) is 2.97. The summed E-state index contributed by atoms with van der Waals surface area (Å²) in [4.78, 5) is 3.39. The van der Waals surface area contributed by atoms with E-state index in [1.807, 2.05) is 0 Å². The first-order valence-electron chi connectivity index (χ1n) is 3.02. The lowest BCUT2D eigenvalue weighted by atomic mass is 10.4. The van der Waals surface area contributed by atoms with E-state index < -0.39 is 4.84 Å². The Morgan fingerprint density at radius 3 is 2.55 bits per heavy atom. The van der Waals surface area contributed by atoms with Crippen molar-refractivity contribution in [2.24, 2.45) is 0 Å². The molecule has 1 heterocycles. The van der Waals surface area contributed by atoms with Gasteiger partial charge in [0, 0.05) is 0 Å². The zero-order valence-electron chi connectivity index (χ0n) is 5.92. The van der Waals surface area contributed by atoms with Crippen molar-refractivity contribution >= 4 is 23.2 Å². The molecule has 1 aromatic heterocycles. The lowest BCUT2D eigenvalue weighted by Crippen LogP contribution is -1.89. The highest BCUT2D eigenvalue weighted by atomic mass is 35.5. The number of hydrogen-bond donors (Lipinski definition) is 0. The second kappa shape index (κ2) is 3.79. The van der Waals surface area contributed by atoms with Gasteiger partial charge in [0.05, 0.1) is 19.0 Å². The molecular weight excluding hydrogens is 185 g/mol. The molecule has 0 saturated heterocycles. The van der Waals surface area contributed by atoms with Crippen LogP contribution in [0.4, 0.5) is 0 Å². The molecule has 0 amide bonds. The van der Waals surface area contributed by atoms with Gasteiger partial charge in [0.15, 0.2) is 0 Å². The van der Waals surface area contributed by atoms with Gasteiger partial charge in [0.25, 0.3) is 0 Å². The van der Waals surface area contributed by atoms with Crippen molar-refractivity contribution in [1.82, 2.24) is 4.98 Å². The summed E-state index contributed by atoms with van der Waals surface area (Å²) < 4.78 is 4.90. The minimum absolute atomic E-state index is 0.569. The van der Waals surface area contributed by atoms with Crippen LogP contribution >= 0.6 is 23.2 Å². The van der Waals surface area contributed by atoms with Crippen LogP contribution in [0.1, 0.15) is 10.5 Å². The van der Waals surface area contributed by atoms with Gasteiger partial charge in [0.2, 0.25) is 0 Å². The molecule has 0 aliphatic heterocycles. The zero-order valence-corrected chi connectivity index (χ0v) is 7.43. The van der Waals surface area contributed by atoms with E-state index in [1.165, 1.54) is 0 Å². The van der Waals surface area contributed by atoms with Crippen LogP contribution in [0, 0.1) is 0 Å². The summed E-state index contributed by atoms with van der Waals surface area (Å²) in [5, 5.41) is 0. The molecule has 0 aliphatic rings. The number of methoxy groups -OCH3 is 1. The van der Waals surface area contributed by atoms with Gasteiger partial charge in [-0.3, -0.25) is 4.98 Å². The van der Waals surface area contributed by atoms with Crippen molar-refractivity contribution in [3.05, 3.63) is 24.0 Å². The fourth-order valence-corrected chi connectivity index (χ4v) is 0.900. The quantitative estimate of drug-likeness (QED) is 0.671. The van der Waals surface area contributed by atoms with Crippen molar-refractivity contribution in [3.63, 3.8) is 0 Å². The molecule has 4 heteroatoms. The second-order valence-corrected chi connectivity index (χ2v) is 3.02. The lowest BCUT2D eigenvalue weighted by Gasteiger charge is -2.01. The molecule has 0 bridgehead atoms. The molecular formula is C7H7Cl2NO. The first-order valence-corrected chi connectivity index (χ1v) is 3.89. The second-order valence-electron chi connectivity index (χ2n) is 1.92. The summed E-state index contributed by atoms with van der Waals surface area (Å²) in [6.07, 6.45) is 1.58. The average molecular weight is 192 g/mol. The maximum atomic E-state index is 5.56. The minimum Gasteiger partial charge on any atom is -0.495 e. The first-order chi connectivity index (χ1) is 5.24. The van der Waals surface area contributed by atoms with Crippen LogP contribution in [0.15, 0.2) is 18.3 Å². The molecule has 1 aromatic rings. The third-order valence-corrected chi connectivity index (χ3v) is 1.67. The van der Waals surface area contributed by atoms with Crippen LogP contribution in [0.2, 0.25) is 0 Å². The molecule has 0 spiro atoms. The predicted octanol–water partition coefficient (Wildman–Crippen LogP) is 2.57. The maximum absolute atomic E-state index is 5.56. The molecule has 2 nitrogen and oxygen atoms in total. The largest absolute Gasteiger partial charge is 0.495 e. The first kappa shape index (κ1) is 8.62. The van der Waals surface area contributed by atoms with E-state index in [4.69, 9.17) is 27.9 Å². The van der Waals surface area contributed by atoms with Crippen molar-refractivity contribution in [1.29, 1.82) is 0 Å². The topological polar surface area (TPSA) is 22.1 Å². The fourth-order valence-electron chi connectivity index (χ4n) is 0.642. The fraction of sp³-hybridized carbons (Fsp3) is 0.286. The van der Waals surface area contributed by atoms with Crippen molar-refractivity contribution in [2.75, 3.05) is 7.11 Å². The molecule has 0 radical (unpaired) electrons. The Morgan fingerprint density at radius 1 is 1.45 bits per heavy atom. The number of rotatable bonds is 2. The van der Waals surface area contributed by atoms with E-state index in [0.717, 1.165) is 0 Å². The summed E-state index contributed by atoms with van der Waals surface area (Å²) >= 11 is 11.1. The molecule has 60 valence electrons. The number of aromatic nitrogens is 1. The highest BCUT2D eigenvalue weighted by molar-refractivity contribution is 6.43. The third-order valence-electron chi connectivity index (χ3n) is 1.22. The molecule has 0 unspecified atom stereocenters. The number of ether oxygens (including phenoxy) is 1. The molecule has 0 fully saturated rings. The average Bonchev–Trinajstić information content (AvgIpc) is 2.05. The Morgan fingerprint density at radius 2 is 2.18 bits per heavy atom. The zero-order chi connectivity index (χ0) is 8.27. The standard InChI is InChI=1S/C7H7Cl2NO/c1-11-5-2-3-6(7(8)9)10-4-5/h2-4,7H,1H3. The van der Waals surface area contributed by atoms with Gasteiger partial charge < -0.3 is 4.74 Å². The summed E-state index contributed by atoms with van der Waals surface area (Å²) in [6, 6.07) is 3.49. The summed E-state index contributed by atoms with van der Waals surface area (Å²) in [5.74, 6) is 0.697. The Bertz CT molecular complexity index is 222. The van der Waals surface area contributed by atoms with Crippen LogP contribution in [-0.2, 0) is 0 Å². The van der Waals surface area contributed by atoms with Crippen molar-refractivity contribution in [2.45, 2.75) is 4.84 Å². The highest BCUT2D eigenvalue weighted by Gasteiger charge is 2.03. The number of alkyl halides is 2. The normalized spacial score (nSPS) is 10.2. The van der Waals surface area contributed by atoms with Gasteiger partial charge >= 0.3 is 0 Å². The van der Waals surface area contributed by atoms with Crippen LogP contribution < -0.4 is 4.74 Å². The molecule has 0 aliphatic carbocycles. The Labute approximate surface area is 75.1 Å². The number of pyridine rings is 1. The number of nitrogens with zero attached hydrogens (tertiary/aromatic N) is 1. The Hall–Kier alpha value is -0.470. The SMILES string of the molecule is COc1ccc(C(Cl)Cl)nc1. The molecule has 0 saturated carbocycles. The lowest BCUT2D eigenvalue weighted by molar-refractivity contribution is 0.412. The molecule has 0 N–H and O–H groups in total. The highest BCUT2D eigenvalue weighted by Crippen LogP contribution is 2.23. The summed E-state index contributed by atoms with van der Waals surface area (Å²) in [6.45, 7) is 0. The van der Waals surface area contributed by atoms with E-state index in [1.54, 1.807) is 25.4 Å². The van der Waals surface area contributed by atoms with E-state index >= 15 is 0 Å². The predicted molar refractivity (Wildman–Crippen MR) is 45.2 cm³/mol. The summed E-state index contributed by atoms with van der Waals surface area (Å²) in [7, 11) is 1.58. The maximum Gasteiger partial charge on any atom is 0.149 e. The molecule has 11 heavy (non-hydrogen) atoms. The van der Waals surface area contributed by atoms with E-state index in [0.29, 0.717) is 11.4 Å². The van der Waals surface area contributed by atoms with Gasteiger partial charge in [-0.25, -0.2) is 0 Å².